The van der Waals surface area contributed by atoms with Crippen LogP contribution in [0.1, 0.15) is 18.9 Å². The molecule has 4 heteroatoms. The predicted molar refractivity (Wildman–Crippen MR) is 72.2 cm³/mol. The molecule has 100 valence electrons. The van der Waals surface area contributed by atoms with Crippen LogP contribution in [0.3, 0.4) is 0 Å². The van der Waals surface area contributed by atoms with Crippen molar-refractivity contribution in [3.8, 4) is 0 Å². The van der Waals surface area contributed by atoms with Crippen molar-refractivity contribution in [1.29, 1.82) is 0 Å². The molecule has 1 aliphatic rings. The van der Waals surface area contributed by atoms with E-state index in [1.54, 1.807) is 12.3 Å². The Hall–Kier alpha value is -1.52. The molecule has 0 saturated carbocycles. The van der Waals surface area contributed by atoms with Gasteiger partial charge in [0.15, 0.2) is 0 Å². The summed E-state index contributed by atoms with van der Waals surface area (Å²) < 4.78 is 13.6. The van der Waals surface area contributed by atoms with Gasteiger partial charge in [0.1, 0.15) is 5.82 Å². The number of pyridine rings is 1. The predicted octanol–water partition coefficient (Wildman–Crippen LogP) is 2.33. The zero-order chi connectivity index (χ0) is 13.5. The Bertz CT molecular complexity index is 608. The van der Waals surface area contributed by atoms with E-state index in [9.17, 15) is 9.50 Å². The summed E-state index contributed by atoms with van der Waals surface area (Å²) in [5.74, 6) is -0.234. The van der Waals surface area contributed by atoms with Gasteiger partial charge >= 0.3 is 0 Å². The quantitative estimate of drug-likeness (QED) is 0.920. The fourth-order valence-corrected chi connectivity index (χ4v) is 2.71. The van der Waals surface area contributed by atoms with Crippen molar-refractivity contribution in [2.24, 2.45) is 0 Å². The summed E-state index contributed by atoms with van der Waals surface area (Å²) in [5, 5.41) is 10.8. The van der Waals surface area contributed by atoms with Crippen LogP contribution in [0.5, 0.6) is 0 Å². The largest absolute Gasteiger partial charge is 0.387 e. The number of hydrogen-bond acceptors (Lipinski definition) is 3. The Balaban J connectivity index is 1.86. The first-order chi connectivity index (χ1) is 9.09. The number of hydrogen-bond donors (Lipinski definition) is 1. The van der Waals surface area contributed by atoms with Gasteiger partial charge < -0.3 is 5.11 Å². The molecule has 0 spiro atoms. The Kier molecular flexibility index (Phi) is 2.99. The molecule has 2 aromatic rings. The molecule has 0 aliphatic carbocycles. The second-order valence-corrected chi connectivity index (χ2v) is 5.36. The highest BCUT2D eigenvalue weighted by atomic mass is 19.1. The fourth-order valence-electron chi connectivity index (χ4n) is 2.71. The maximum atomic E-state index is 13.6. The van der Waals surface area contributed by atoms with Gasteiger partial charge in [-0.15, -0.1) is 0 Å². The molecule has 0 bridgehead atoms. The second kappa shape index (κ2) is 4.54. The van der Waals surface area contributed by atoms with E-state index >= 15 is 0 Å². The molecule has 19 heavy (non-hydrogen) atoms. The maximum Gasteiger partial charge on any atom is 0.124 e. The number of benzene rings is 1. The van der Waals surface area contributed by atoms with E-state index in [0.29, 0.717) is 19.6 Å². The van der Waals surface area contributed by atoms with E-state index in [1.165, 1.54) is 6.07 Å². The van der Waals surface area contributed by atoms with E-state index in [-0.39, 0.29) is 5.82 Å². The van der Waals surface area contributed by atoms with E-state index in [4.69, 9.17) is 0 Å². The molecule has 0 radical (unpaired) electrons. The summed E-state index contributed by atoms with van der Waals surface area (Å²) in [7, 11) is 0. The van der Waals surface area contributed by atoms with Crippen LogP contribution in [0.15, 0.2) is 30.5 Å². The maximum absolute atomic E-state index is 13.6. The van der Waals surface area contributed by atoms with Gasteiger partial charge in [-0.25, -0.2) is 4.39 Å². The molecule has 0 unspecified atom stereocenters. The minimum Gasteiger partial charge on any atom is -0.387 e. The smallest absolute Gasteiger partial charge is 0.124 e. The average molecular weight is 260 g/mol. The minimum atomic E-state index is -0.559. The van der Waals surface area contributed by atoms with Crippen LogP contribution < -0.4 is 0 Å². The van der Waals surface area contributed by atoms with Gasteiger partial charge in [0.2, 0.25) is 0 Å². The van der Waals surface area contributed by atoms with Gasteiger partial charge in [0.25, 0.3) is 0 Å². The lowest BCUT2D eigenvalue weighted by atomic mass is 9.91. The number of aromatic nitrogens is 1. The molecular formula is C15H17FN2O. The Morgan fingerprint density at radius 3 is 2.95 bits per heavy atom. The summed E-state index contributed by atoms with van der Waals surface area (Å²) in [4.78, 5) is 6.45. The molecule has 1 aromatic heterocycles. The van der Waals surface area contributed by atoms with Crippen molar-refractivity contribution in [2.45, 2.75) is 25.5 Å². The van der Waals surface area contributed by atoms with Crippen molar-refractivity contribution in [1.82, 2.24) is 9.88 Å². The van der Waals surface area contributed by atoms with Crippen LogP contribution in [0.2, 0.25) is 0 Å². The highest BCUT2D eigenvalue weighted by Gasteiger charge is 2.39. The van der Waals surface area contributed by atoms with Gasteiger partial charge in [-0.05, 0) is 30.2 Å². The van der Waals surface area contributed by atoms with E-state index < -0.39 is 5.60 Å². The zero-order valence-corrected chi connectivity index (χ0v) is 10.9. The van der Waals surface area contributed by atoms with E-state index in [0.717, 1.165) is 22.9 Å². The minimum absolute atomic E-state index is 0.234. The molecule has 3 nitrogen and oxygen atoms in total. The van der Waals surface area contributed by atoms with Crippen LogP contribution in [-0.4, -0.2) is 33.7 Å². The fraction of sp³-hybridized carbons (Fsp3) is 0.400. The Morgan fingerprint density at radius 2 is 2.21 bits per heavy atom. The number of nitrogens with zero attached hydrogens (tertiary/aromatic N) is 2. The normalized spacial score (nSPS) is 18.5. The van der Waals surface area contributed by atoms with E-state index in [2.05, 4.69) is 9.88 Å². The third-order valence-electron chi connectivity index (χ3n) is 3.84. The van der Waals surface area contributed by atoms with Crippen LogP contribution >= 0.6 is 0 Å². The van der Waals surface area contributed by atoms with Crippen LogP contribution in [0, 0.1) is 5.82 Å². The monoisotopic (exact) mass is 260 g/mol. The molecule has 1 N–H and O–H groups in total. The summed E-state index contributed by atoms with van der Waals surface area (Å²) in [5.41, 5.74) is 1.17. The lowest BCUT2D eigenvalue weighted by Gasteiger charge is -2.46. The Morgan fingerprint density at radius 1 is 1.42 bits per heavy atom. The number of likely N-dealkylation sites (tertiary alicyclic amines) is 1. The van der Waals surface area contributed by atoms with Crippen molar-refractivity contribution in [3.05, 3.63) is 41.8 Å². The van der Waals surface area contributed by atoms with Crippen molar-refractivity contribution < 1.29 is 9.50 Å². The highest BCUT2D eigenvalue weighted by Crippen LogP contribution is 2.27. The van der Waals surface area contributed by atoms with Crippen molar-refractivity contribution in [2.75, 3.05) is 13.1 Å². The van der Waals surface area contributed by atoms with Gasteiger partial charge in [-0.3, -0.25) is 9.88 Å². The standard InChI is InChI=1S/C15H17FN2O/c1-2-15(19)9-18(10-15)8-12-7-13(16)6-11-4-3-5-17-14(11)12/h3-7,19H,2,8-10H2,1H3. The molecule has 3 rings (SSSR count). The number of fused-ring (bicyclic) bond motifs is 1. The van der Waals surface area contributed by atoms with Crippen molar-refractivity contribution >= 4 is 10.9 Å². The lowest BCUT2D eigenvalue weighted by Crippen LogP contribution is -2.60. The van der Waals surface area contributed by atoms with Gasteiger partial charge in [-0.1, -0.05) is 13.0 Å². The number of rotatable bonds is 3. The summed E-state index contributed by atoms with van der Waals surface area (Å²) in [6, 6.07) is 6.72. The first-order valence-electron chi connectivity index (χ1n) is 6.57. The highest BCUT2D eigenvalue weighted by molar-refractivity contribution is 5.81. The van der Waals surface area contributed by atoms with Crippen LogP contribution in [0.25, 0.3) is 10.9 Å². The molecular weight excluding hydrogens is 243 g/mol. The number of halogens is 1. The number of β-amino-alcohol motifs (C(OH)–C–C–N with tert-alkyl or cyclic N) is 1. The molecule has 0 atom stereocenters. The van der Waals surface area contributed by atoms with Gasteiger partial charge in [0, 0.05) is 31.2 Å². The molecule has 2 heterocycles. The molecule has 1 saturated heterocycles. The topological polar surface area (TPSA) is 36.4 Å². The van der Waals surface area contributed by atoms with Gasteiger partial charge in [0.05, 0.1) is 11.1 Å². The lowest BCUT2D eigenvalue weighted by molar-refractivity contribution is -0.103. The van der Waals surface area contributed by atoms with Crippen LogP contribution in [0.4, 0.5) is 4.39 Å². The zero-order valence-electron chi connectivity index (χ0n) is 10.9. The summed E-state index contributed by atoms with van der Waals surface area (Å²) >= 11 is 0. The van der Waals surface area contributed by atoms with E-state index in [1.807, 2.05) is 19.1 Å². The average Bonchev–Trinajstić information content (AvgIpc) is 2.36. The first kappa shape index (κ1) is 12.5. The molecule has 0 amide bonds. The molecule has 1 aromatic carbocycles. The number of aliphatic hydroxyl groups is 1. The first-order valence-corrected chi connectivity index (χ1v) is 6.57. The van der Waals surface area contributed by atoms with Crippen molar-refractivity contribution in [3.63, 3.8) is 0 Å². The summed E-state index contributed by atoms with van der Waals surface area (Å²) in [6.45, 7) is 3.91. The van der Waals surface area contributed by atoms with Gasteiger partial charge in [-0.2, -0.15) is 0 Å². The third kappa shape index (κ3) is 2.33. The third-order valence-corrected chi connectivity index (χ3v) is 3.84. The van der Waals surface area contributed by atoms with Crippen LogP contribution in [-0.2, 0) is 6.54 Å². The summed E-state index contributed by atoms with van der Waals surface area (Å²) in [6.07, 6.45) is 2.48. The molecule has 1 fully saturated rings. The Labute approximate surface area is 111 Å². The molecule has 1 aliphatic heterocycles. The second-order valence-electron chi connectivity index (χ2n) is 5.36. The SMILES string of the molecule is CCC1(O)CN(Cc2cc(F)cc3cccnc23)C1.